The predicted molar refractivity (Wildman–Crippen MR) is 86.5 cm³/mol. The van der Waals surface area contributed by atoms with E-state index in [9.17, 15) is 9.59 Å². The molecule has 1 aromatic carbocycles. The van der Waals surface area contributed by atoms with Crippen LogP contribution < -0.4 is 10.6 Å². The highest BCUT2D eigenvalue weighted by Gasteiger charge is 2.36. The fourth-order valence-corrected chi connectivity index (χ4v) is 3.97. The van der Waals surface area contributed by atoms with Crippen molar-refractivity contribution in [1.82, 2.24) is 0 Å². The highest BCUT2D eigenvalue weighted by atomic mass is 16.2. The molecule has 1 saturated carbocycles. The van der Waals surface area contributed by atoms with E-state index >= 15 is 0 Å². The van der Waals surface area contributed by atoms with Crippen molar-refractivity contribution in [3.63, 3.8) is 0 Å². The minimum atomic E-state index is -0.300. The van der Waals surface area contributed by atoms with Gasteiger partial charge in [0.2, 0.25) is 11.8 Å². The van der Waals surface area contributed by atoms with Crippen molar-refractivity contribution in [2.45, 2.75) is 44.9 Å². The van der Waals surface area contributed by atoms with Gasteiger partial charge in [0.25, 0.3) is 0 Å². The average Bonchev–Trinajstić information content (AvgIpc) is 2.53. The van der Waals surface area contributed by atoms with E-state index in [4.69, 9.17) is 5.73 Å². The SMILES string of the molecule is CC1CCCCC1C(=O)N1CCC(C(N)=O)c2ccccc21. The smallest absolute Gasteiger partial charge is 0.230 e. The number of fused-ring (bicyclic) bond motifs is 1. The lowest BCUT2D eigenvalue weighted by Crippen LogP contribution is -2.44. The van der Waals surface area contributed by atoms with Gasteiger partial charge in [0.1, 0.15) is 0 Å². The first-order valence-corrected chi connectivity index (χ1v) is 8.29. The molecule has 118 valence electrons. The molecule has 0 bridgehead atoms. The molecule has 1 fully saturated rings. The van der Waals surface area contributed by atoms with Crippen LogP contribution in [0.4, 0.5) is 5.69 Å². The maximum absolute atomic E-state index is 13.0. The van der Waals surface area contributed by atoms with Crippen LogP contribution in [0.25, 0.3) is 0 Å². The van der Waals surface area contributed by atoms with Crippen molar-refractivity contribution >= 4 is 17.5 Å². The largest absolute Gasteiger partial charge is 0.369 e. The first-order valence-electron chi connectivity index (χ1n) is 8.29. The molecule has 1 heterocycles. The molecular weight excluding hydrogens is 276 g/mol. The lowest BCUT2D eigenvalue weighted by atomic mass is 9.79. The second-order valence-corrected chi connectivity index (χ2v) is 6.66. The number of benzene rings is 1. The van der Waals surface area contributed by atoms with Gasteiger partial charge in [-0.3, -0.25) is 9.59 Å². The normalized spacial score (nSPS) is 28.0. The quantitative estimate of drug-likeness (QED) is 0.913. The molecule has 1 aliphatic carbocycles. The van der Waals surface area contributed by atoms with Gasteiger partial charge in [-0.1, -0.05) is 38.0 Å². The third-order valence-corrected chi connectivity index (χ3v) is 5.28. The maximum Gasteiger partial charge on any atom is 0.230 e. The van der Waals surface area contributed by atoms with Crippen molar-refractivity contribution < 1.29 is 9.59 Å². The van der Waals surface area contributed by atoms with E-state index in [1.54, 1.807) is 0 Å². The number of amides is 2. The van der Waals surface area contributed by atoms with Crippen LogP contribution in [-0.2, 0) is 9.59 Å². The van der Waals surface area contributed by atoms with Gasteiger partial charge in [0.15, 0.2) is 0 Å². The molecule has 3 atom stereocenters. The van der Waals surface area contributed by atoms with Crippen molar-refractivity contribution in [2.75, 3.05) is 11.4 Å². The number of rotatable bonds is 2. The average molecular weight is 300 g/mol. The van der Waals surface area contributed by atoms with E-state index in [0.29, 0.717) is 18.9 Å². The van der Waals surface area contributed by atoms with Crippen LogP contribution in [0.5, 0.6) is 0 Å². The molecule has 0 saturated heterocycles. The summed E-state index contributed by atoms with van der Waals surface area (Å²) in [5.41, 5.74) is 7.30. The number of hydrogen-bond donors (Lipinski definition) is 1. The molecule has 3 unspecified atom stereocenters. The van der Waals surface area contributed by atoms with Crippen LogP contribution in [0.1, 0.15) is 50.5 Å². The zero-order valence-corrected chi connectivity index (χ0v) is 13.1. The van der Waals surface area contributed by atoms with Gasteiger partial charge in [-0.25, -0.2) is 0 Å². The summed E-state index contributed by atoms with van der Waals surface area (Å²) in [7, 11) is 0. The summed E-state index contributed by atoms with van der Waals surface area (Å²) < 4.78 is 0. The Bertz CT molecular complexity index is 584. The monoisotopic (exact) mass is 300 g/mol. The van der Waals surface area contributed by atoms with Gasteiger partial charge in [-0.05, 0) is 36.8 Å². The molecule has 1 aliphatic heterocycles. The Morgan fingerprint density at radius 3 is 2.59 bits per heavy atom. The Hall–Kier alpha value is -1.84. The van der Waals surface area contributed by atoms with Crippen LogP contribution in [0, 0.1) is 11.8 Å². The van der Waals surface area contributed by atoms with Crippen molar-refractivity contribution in [2.24, 2.45) is 17.6 Å². The van der Waals surface area contributed by atoms with Gasteiger partial charge in [0, 0.05) is 18.2 Å². The zero-order valence-electron chi connectivity index (χ0n) is 13.1. The molecule has 0 radical (unpaired) electrons. The topological polar surface area (TPSA) is 63.4 Å². The Labute approximate surface area is 131 Å². The fraction of sp³-hybridized carbons (Fsp3) is 0.556. The van der Waals surface area contributed by atoms with E-state index in [2.05, 4.69) is 6.92 Å². The van der Waals surface area contributed by atoms with E-state index < -0.39 is 0 Å². The predicted octanol–water partition coefficient (Wildman–Crippen LogP) is 2.82. The lowest BCUT2D eigenvalue weighted by molar-refractivity contribution is -0.125. The molecule has 2 N–H and O–H groups in total. The molecular formula is C18H24N2O2. The summed E-state index contributed by atoms with van der Waals surface area (Å²) in [6.07, 6.45) is 5.11. The van der Waals surface area contributed by atoms with Crippen molar-refractivity contribution in [1.29, 1.82) is 0 Å². The summed E-state index contributed by atoms with van der Waals surface area (Å²) in [6.45, 7) is 2.77. The third-order valence-electron chi connectivity index (χ3n) is 5.28. The summed E-state index contributed by atoms with van der Waals surface area (Å²) >= 11 is 0. The van der Waals surface area contributed by atoms with Crippen LogP contribution >= 0.6 is 0 Å². The first-order chi connectivity index (χ1) is 10.6. The number of nitrogens with zero attached hydrogens (tertiary/aromatic N) is 1. The molecule has 3 rings (SSSR count). The van der Waals surface area contributed by atoms with Crippen molar-refractivity contribution in [3.05, 3.63) is 29.8 Å². The lowest BCUT2D eigenvalue weighted by Gasteiger charge is -2.37. The standard InChI is InChI=1S/C18H24N2O2/c1-12-6-2-3-7-13(12)18(22)20-11-10-15(17(19)21)14-8-4-5-9-16(14)20/h4-5,8-9,12-13,15H,2-3,6-7,10-11H2,1H3,(H2,19,21). The van der Waals surface area contributed by atoms with E-state index in [1.807, 2.05) is 29.2 Å². The Morgan fingerprint density at radius 1 is 1.14 bits per heavy atom. The fourth-order valence-electron chi connectivity index (χ4n) is 3.97. The second kappa shape index (κ2) is 6.11. The van der Waals surface area contributed by atoms with Crippen molar-refractivity contribution in [3.8, 4) is 0 Å². The van der Waals surface area contributed by atoms with E-state index in [0.717, 1.165) is 30.5 Å². The van der Waals surface area contributed by atoms with Crippen LogP contribution in [0.2, 0.25) is 0 Å². The van der Waals surface area contributed by atoms with E-state index in [1.165, 1.54) is 6.42 Å². The second-order valence-electron chi connectivity index (χ2n) is 6.66. The number of hydrogen-bond acceptors (Lipinski definition) is 2. The Kier molecular flexibility index (Phi) is 4.19. The highest BCUT2D eigenvalue weighted by molar-refractivity contribution is 5.98. The minimum absolute atomic E-state index is 0.118. The maximum atomic E-state index is 13.0. The van der Waals surface area contributed by atoms with Gasteiger partial charge >= 0.3 is 0 Å². The number of carbonyl (C=O) groups excluding carboxylic acids is 2. The third kappa shape index (κ3) is 2.62. The Balaban J connectivity index is 1.90. The number of nitrogens with two attached hydrogens (primary N) is 1. The Morgan fingerprint density at radius 2 is 1.86 bits per heavy atom. The molecule has 2 aliphatic rings. The van der Waals surface area contributed by atoms with Gasteiger partial charge in [-0.2, -0.15) is 0 Å². The number of carbonyl (C=O) groups is 2. The summed E-state index contributed by atoms with van der Waals surface area (Å²) in [4.78, 5) is 26.6. The molecule has 0 spiro atoms. The molecule has 1 aromatic rings. The molecule has 0 aromatic heterocycles. The van der Waals surface area contributed by atoms with Gasteiger partial charge in [-0.15, -0.1) is 0 Å². The van der Waals surface area contributed by atoms with Crippen LogP contribution in [0.3, 0.4) is 0 Å². The minimum Gasteiger partial charge on any atom is -0.369 e. The summed E-state index contributed by atoms with van der Waals surface area (Å²) in [5, 5.41) is 0. The number of primary amides is 1. The van der Waals surface area contributed by atoms with Gasteiger partial charge in [0.05, 0.1) is 5.92 Å². The van der Waals surface area contributed by atoms with Crippen LogP contribution in [-0.4, -0.2) is 18.4 Å². The molecule has 22 heavy (non-hydrogen) atoms. The summed E-state index contributed by atoms with van der Waals surface area (Å²) in [6, 6.07) is 7.70. The molecule has 4 nitrogen and oxygen atoms in total. The zero-order chi connectivity index (χ0) is 15.7. The number of para-hydroxylation sites is 1. The van der Waals surface area contributed by atoms with Crippen LogP contribution in [0.15, 0.2) is 24.3 Å². The van der Waals surface area contributed by atoms with Gasteiger partial charge < -0.3 is 10.6 Å². The first kappa shape index (κ1) is 15.1. The number of anilines is 1. The summed E-state index contributed by atoms with van der Waals surface area (Å²) in [5.74, 6) is 0.214. The highest BCUT2D eigenvalue weighted by Crippen LogP contribution is 2.38. The molecule has 4 heteroatoms. The molecule has 2 amide bonds. The van der Waals surface area contributed by atoms with E-state index in [-0.39, 0.29) is 23.7 Å².